The Kier molecular flexibility index (Phi) is 17.6. The third-order valence-corrected chi connectivity index (χ3v) is 16.8. The number of anilines is 5. The summed E-state index contributed by atoms with van der Waals surface area (Å²) < 4.78 is 62.0. The molecule has 7 aromatic rings. The molecule has 11 heterocycles. The van der Waals surface area contributed by atoms with E-state index in [0.717, 1.165) is 88.4 Å². The predicted molar refractivity (Wildman–Crippen MR) is 315 cm³/mol. The lowest BCUT2D eigenvalue weighted by Gasteiger charge is -2.35. The summed E-state index contributed by atoms with van der Waals surface area (Å²) in [7, 11) is 5.08. The standard InChI is InChI=1S/2C22H27N5O4.C15H22ClN3O3/c2*1-13-11-29-9-7-27(13)20-15-12-30-22(2,6-8-28-3)18(15)25-19(26-20)14-4-5-17-16(10-14)24-21(23)31-17;1-10-8-21-7-5-19(10)13-11-9-22-15(2,4-6-20-3)12(11)17-14(16)18-13/h2*4-5,10,13H,6-9,11-12H2,1-3H3,(H2,23,24);10H,4-9H2,1-3H3/t13-,22+;13-,22-;10-,15?/m000/s1. The van der Waals surface area contributed by atoms with Crippen molar-refractivity contribution in [2.75, 3.05) is 127 Å². The van der Waals surface area contributed by atoms with E-state index in [4.69, 9.17) is 94.5 Å². The zero-order valence-corrected chi connectivity index (χ0v) is 50.1. The molecule has 0 amide bonds. The number of hydrogen-bond donors (Lipinski definition) is 2. The number of nitrogen functional groups attached to an aromatic ring is 2. The van der Waals surface area contributed by atoms with Crippen molar-refractivity contribution < 1.29 is 51.5 Å². The van der Waals surface area contributed by atoms with Crippen LogP contribution in [0.25, 0.3) is 45.0 Å². The van der Waals surface area contributed by atoms with Crippen LogP contribution in [0.15, 0.2) is 45.2 Å². The summed E-state index contributed by atoms with van der Waals surface area (Å²) in [6, 6.07) is 12.4. The second-order valence-corrected chi connectivity index (χ2v) is 23.0. The fraction of sp³-hybridized carbons (Fsp3) is 0.559. The summed E-state index contributed by atoms with van der Waals surface area (Å²) >= 11 is 6.19. The van der Waals surface area contributed by atoms with Crippen molar-refractivity contribution in [2.45, 2.75) is 116 Å². The lowest BCUT2D eigenvalue weighted by Crippen LogP contribution is -2.44. The third kappa shape index (κ3) is 11.9. The Hall–Kier alpha value is -6.45. The van der Waals surface area contributed by atoms with Gasteiger partial charge >= 0.3 is 0 Å². The maximum absolute atomic E-state index is 6.26. The second kappa shape index (κ2) is 24.9. The average Bonchev–Trinajstić information content (AvgIpc) is 2.87. The molecule has 3 saturated heterocycles. The maximum atomic E-state index is 6.26. The largest absolute Gasteiger partial charge is 0.424 e. The van der Waals surface area contributed by atoms with Crippen molar-refractivity contribution in [1.82, 2.24) is 39.9 Å². The summed E-state index contributed by atoms with van der Waals surface area (Å²) in [5.74, 6) is 3.97. The van der Waals surface area contributed by atoms with Gasteiger partial charge < -0.3 is 77.6 Å². The van der Waals surface area contributed by atoms with Crippen molar-refractivity contribution in [3.63, 3.8) is 0 Å². The van der Waals surface area contributed by atoms with Crippen LogP contribution in [0.1, 0.15) is 94.6 Å². The molecule has 25 heteroatoms. The molecule has 5 aromatic heterocycles. The van der Waals surface area contributed by atoms with Crippen LogP contribution < -0.4 is 26.2 Å². The number of ether oxygens (including phenoxy) is 9. The van der Waals surface area contributed by atoms with Gasteiger partial charge in [0.15, 0.2) is 22.8 Å². The maximum Gasteiger partial charge on any atom is 0.292 e. The molecule has 6 aliphatic heterocycles. The van der Waals surface area contributed by atoms with Gasteiger partial charge in [0, 0.05) is 108 Å². The second-order valence-electron chi connectivity index (χ2n) is 22.6. The number of morpholine rings is 3. The van der Waals surface area contributed by atoms with Gasteiger partial charge in [-0.1, -0.05) is 0 Å². The minimum Gasteiger partial charge on any atom is -0.424 e. The lowest BCUT2D eigenvalue weighted by atomic mass is 9.96. The van der Waals surface area contributed by atoms with Crippen LogP contribution in [-0.2, 0) is 79.3 Å². The molecule has 0 aliphatic carbocycles. The normalized spacial score (nSPS) is 24.6. The smallest absolute Gasteiger partial charge is 0.292 e. The SMILES string of the molecule is COCCC1(C)OCc2c(N3CCOC[C@@H]3C)nc(Cl)nc21.COCC[C@@]1(C)OCc2c(N3CCOC[C@@H]3C)nc(-c3ccc4oc(N)nc4c3)nc21.COCC[C@]1(C)OCc2c(N3CCOC[C@@H]3C)nc(-c3ccc4oc(N)nc4c3)nc21. The molecule has 3 fully saturated rings. The van der Waals surface area contributed by atoms with Crippen molar-refractivity contribution in [3.8, 4) is 22.8 Å². The first-order chi connectivity index (χ1) is 40.5. The van der Waals surface area contributed by atoms with Gasteiger partial charge in [-0.15, -0.1) is 0 Å². The van der Waals surface area contributed by atoms with Crippen LogP contribution >= 0.6 is 11.6 Å². The highest BCUT2D eigenvalue weighted by Gasteiger charge is 2.44. The number of oxazole rings is 2. The van der Waals surface area contributed by atoms with E-state index >= 15 is 0 Å². The molecule has 450 valence electrons. The van der Waals surface area contributed by atoms with Crippen LogP contribution in [0.5, 0.6) is 0 Å². The van der Waals surface area contributed by atoms with Crippen LogP contribution in [0.2, 0.25) is 5.28 Å². The molecule has 24 nitrogen and oxygen atoms in total. The van der Waals surface area contributed by atoms with Gasteiger partial charge in [-0.25, -0.2) is 29.9 Å². The highest BCUT2D eigenvalue weighted by Crippen LogP contribution is 2.46. The minimum absolute atomic E-state index is 0.144. The number of methoxy groups -OCH3 is 3. The monoisotopic (exact) mass is 1180 g/mol. The van der Waals surface area contributed by atoms with E-state index in [0.29, 0.717) is 126 Å². The minimum atomic E-state index is -0.532. The van der Waals surface area contributed by atoms with Gasteiger partial charge in [0.1, 0.15) is 45.3 Å². The Morgan fingerprint density at radius 3 is 1.23 bits per heavy atom. The third-order valence-electron chi connectivity index (χ3n) is 16.6. The highest BCUT2D eigenvalue weighted by molar-refractivity contribution is 6.28. The van der Waals surface area contributed by atoms with Crippen LogP contribution in [0, 0.1) is 0 Å². The molecule has 4 N–H and O–H groups in total. The summed E-state index contributed by atoms with van der Waals surface area (Å²) in [6.45, 7) is 22.3. The van der Waals surface area contributed by atoms with E-state index in [1.807, 2.05) is 43.3 Å². The predicted octanol–water partition coefficient (Wildman–Crippen LogP) is 7.89. The van der Waals surface area contributed by atoms with Crippen LogP contribution in [-0.4, -0.2) is 158 Å². The Labute approximate surface area is 493 Å². The summed E-state index contributed by atoms with van der Waals surface area (Å²) in [6.07, 6.45) is 2.16. The molecule has 0 bridgehead atoms. The van der Waals surface area contributed by atoms with Gasteiger partial charge in [0.25, 0.3) is 12.0 Å². The number of hydrogen-bond acceptors (Lipinski definition) is 24. The molecule has 0 saturated carbocycles. The number of benzene rings is 2. The summed E-state index contributed by atoms with van der Waals surface area (Å²) in [4.78, 5) is 44.3. The van der Waals surface area contributed by atoms with Gasteiger partial charge in [-0.05, 0) is 89.5 Å². The Bertz CT molecular complexity index is 3310. The topological polar surface area (TPSA) is 274 Å². The van der Waals surface area contributed by atoms with Crippen molar-refractivity contribution in [2.24, 2.45) is 0 Å². The molecular formula is C59H76ClN13O11. The van der Waals surface area contributed by atoms with E-state index in [1.165, 1.54) is 0 Å². The quantitative estimate of drug-likeness (QED) is 0.0979. The van der Waals surface area contributed by atoms with Crippen LogP contribution in [0.3, 0.4) is 0 Å². The number of rotatable bonds is 14. The number of nitrogens with zero attached hydrogens (tertiary/aromatic N) is 11. The van der Waals surface area contributed by atoms with E-state index in [9.17, 15) is 0 Å². The molecule has 0 radical (unpaired) electrons. The Morgan fingerprint density at radius 1 is 0.512 bits per heavy atom. The molecule has 2 aromatic carbocycles. The molecule has 84 heavy (non-hydrogen) atoms. The fourth-order valence-electron chi connectivity index (χ4n) is 11.7. The van der Waals surface area contributed by atoms with Gasteiger partial charge in [-0.3, -0.25) is 0 Å². The van der Waals surface area contributed by atoms with Crippen molar-refractivity contribution >= 4 is 63.3 Å². The molecule has 0 spiro atoms. The Morgan fingerprint density at radius 2 is 0.869 bits per heavy atom. The zero-order chi connectivity index (χ0) is 58.9. The zero-order valence-electron chi connectivity index (χ0n) is 49.4. The first kappa shape index (κ1) is 59.3. The van der Waals surface area contributed by atoms with E-state index in [2.05, 4.69) is 69.3 Å². The number of aromatic nitrogens is 8. The van der Waals surface area contributed by atoms with Gasteiger partial charge in [-0.2, -0.15) is 9.97 Å². The number of nitrogens with two attached hydrogens (primary N) is 2. The molecule has 6 atom stereocenters. The molecule has 6 aliphatic rings. The molecule has 1 unspecified atom stereocenters. The highest BCUT2D eigenvalue weighted by atomic mass is 35.5. The molecular weight excluding hydrogens is 1100 g/mol. The first-order valence-electron chi connectivity index (χ1n) is 28.7. The lowest BCUT2D eigenvalue weighted by molar-refractivity contribution is -0.0451. The van der Waals surface area contributed by atoms with E-state index < -0.39 is 16.8 Å². The van der Waals surface area contributed by atoms with Crippen molar-refractivity contribution in [3.05, 3.63) is 75.5 Å². The fourth-order valence-corrected chi connectivity index (χ4v) is 11.9. The van der Waals surface area contributed by atoms with E-state index in [1.54, 1.807) is 21.3 Å². The molecule has 13 rings (SSSR count). The summed E-state index contributed by atoms with van der Waals surface area (Å²) in [5.41, 5.74) is 20.1. The number of fused-ring (bicyclic) bond motifs is 5. The average molecular weight is 1180 g/mol. The van der Waals surface area contributed by atoms with Gasteiger partial charge in [0.2, 0.25) is 5.28 Å². The van der Waals surface area contributed by atoms with Gasteiger partial charge in [0.05, 0.1) is 94.7 Å². The van der Waals surface area contributed by atoms with E-state index in [-0.39, 0.29) is 35.4 Å². The number of halogens is 1. The van der Waals surface area contributed by atoms with Crippen LogP contribution in [0.4, 0.5) is 29.5 Å². The Balaban J connectivity index is 0.000000134. The van der Waals surface area contributed by atoms with Crippen molar-refractivity contribution in [1.29, 1.82) is 0 Å². The summed E-state index contributed by atoms with van der Waals surface area (Å²) in [5, 5.41) is 0.265. The first-order valence-corrected chi connectivity index (χ1v) is 29.0.